The average Bonchev–Trinajstić information content (AvgIpc) is 2.98. The number of ether oxygens (including phenoxy) is 2. The van der Waals surface area contributed by atoms with E-state index in [4.69, 9.17) is 9.47 Å². The van der Waals surface area contributed by atoms with Crippen LogP contribution < -0.4 is 20.7 Å². The molecule has 242 valence electrons. The normalized spacial score (nSPS) is 20.5. The highest BCUT2D eigenvalue weighted by atomic mass is 16.5. The standard InChI is InChI=1S/C33H49N5O6/c1-22(2)34-32(41)35-27-15-16-29-28(18-27)31(40)38(24(4)21-39)19-23(3)30(43-17-11-10-12-25(5)44-29)20-37(6)33(42)36-26-13-8-7-9-14-26/h7-9,13-16,18,22-25,30,39H,10-12,17,19-21H2,1-6H3,(H,36,42)(H2,34,35,41)/t23-,24-,25-,30-/m1/s1. The van der Waals surface area contributed by atoms with Crippen molar-refractivity contribution in [1.29, 1.82) is 0 Å². The second-order valence-electron chi connectivity index (χ2n) is 11.9. The van der Waals surface area contributed by atoms with Crippen molar-refractivity contribution in [2.24, 2.45) is 5.92 Å². The van der Waals surface area contributed by atoms with Gasteiger partial charge in [0, 0.05) is 50.1 Å². The number of nitrogens with one attached hydrogen (secondary N) is 3. The van der Waals surface area contributed by atoms with Crippen LogP contribution >= 0.6 is 0 Å². The molecule has 0 spiro atoms. The molecule has 2 aromatic rings. The fourth-order valence-corrected chi connectivity index (χ4v) is 4.99. The zero-order valence-electron chi connectivity index (χ0n) is 26.8. The molecule has 44 heavy (non-hydrogen) atoms. The molecule has 0 unspecified atom stereocenters. The summed E-state index contributed by atoms with van der Waals surface area (Å²) in [5.41, 5.74) is 1.44. The van der Waals surface area contributed by atoms with E-state index in [1.54, 1.807) is 42.0 Å². The number of hydrogen-bond acceptors (Lipinski definition) is 6. The van der Waals surface area contributed by atoms with Gasteiger partial charge in [0.2, 0.25) is 0 Å². The van der Waals surface area contributed by atoms with Crippen LogP contribution in [0.1, 0.15) is 64.2 Å². The molecule has 0 radical (unpaired) electrons. The molecule has 1 aliphatic heterocycles. The Balaban J connectivity index is 1.89. The topological polar surface area (TPSA) is 132 Å². The van der Waals surface area contributed by atoms with Crippen molar-refractivity contribution >= 4 is 29.3 Å². The van der Waals surface area contributed by atoms with Crippen molar-refractivity contribution in [3.05, 3.63) is 54.1 Å². The lowest BCUT2D eigenvalue weighted by molar-refractivity contribution is -0.0115. The lowest BCUT2D eigenvalue weighted by atomic mass is 10.0. The van der Waals surface area contributed by atoms with Crippen LogP contribution in [0.2, 0.25) is 0 Å². The molecule has 4 N–H and O–H groups in total. The fraction of sp³-hybridized carbons (Fsp3) is 0.545. The minimum Gasteiger partial charge on any atom is -0.490 e. The van der Waals surface area contributed by atoms with Gasteiger partial charge in [-0.15, -0.1) is 0 Å². The third kappa shape index (κ3) is 10.4. The van der Waals surface area contributed by atoms with Gasteiger partial charge in [-0.1, -0.05) is 25.1 Å². The number of likely N-dealkylation sites (N-methyl/N-ethyl adjacent to an activating group) is 1. The number of urea groups is 2. The lowest BCUT2D eigenvalue weighted by Gasteiger charge is -2.35. The van der Waals surface area contributed by atoms with Crippen molar-refractivity contribution < 1.29 is 29.0 Å². The smallest absolute Gasteiger partial charge is 0.321 e. The maximum absolute atomic E-state index is 14.2. The van der Waals surface area contributed by atoms with Gasteiger partial charge in [-0.2, -0.15) is 0 Å². The molecular formula is C33H49N5O6. The number of aliphatic hydroxyl groups excluding tert-OH is 1. The van der Waals surface area contributed by atoms with Crippen molar-refractivity contribution in [3.8, 4) is 5.75 Å². The van der Waals surface area contributed by atoms with Gasteiger partial charge < -0.3 is 40.3 Å². The lowest BCUT2D eigenvalue weighted by Crippen LogP contribution is -2.48. The van der Waals surface area contributed by atoms with Gasteiger partial charge >= 0.3 is 12.1 Å². The predicted octanol–water partition coefficient (Wildman–Crippen LogP) is 5.18. The number of carbonyl (C=O) groups is 3. The summed E-state index contributed by atoms with van der Waals surface area (Å²) in [5, 5.41) is 18.6. The van der Waals surface area contributed by atoms with Crippen LogP contribution in [0.15, 0.2) is 48.5 Å². The van der Waals surface area contributed by atoms with E-state index in [1.807, 2.05) is 58.0 Å². The van der Waals surface area contributed by atoms with Crippen LogP contribution in [0.5, 0.6) is 5.75 Å². The van der Waals surface area contributed by atoms with Gasteiger partial charge in [-0.05, 0) is 77.3 Å². The molecule has 0 aromatic heterocycles. The van der Waals surface area contributed by atoms with Gasteiger partial charge in [0.1, 0.15) is 5.75 Å². The van der Waals surface area contributed by atoms with Gasteiger partial charge in [0.05, 0.1) is 30.4 Å². The Bertz CT molecular complexity index is 1230. The van der Waals surface area contributed by atoms with E-state index < -0.39 is 6.04 Å². The van der Waals surface area contributed by atoms with Crippen molar-refractivity contribution in [1.82, 2.24) is 15.1 Å². The number of fused-ring (bicyclic) bond motifs is 1. The summed E-state index contributed by atoms with van der Waals surface area (Å²) in [6.07, 6.45) is 1.89. The molecule has 0 bridgehead atoms. The monoisotopic (exact) mass is 611 g/mol. The highest BCUT2D eigenvalue weighted by Gasteiger charge is 2.31. The number of amides is 5. The van der Waals surface area contributed by atoms with Crippen LogP contribution in [0.25, 0.3) is 0 Å². The number of rotatable bonds is 7. The first-order valence-electron chi connectivity index (χ1n) is 15.5. The van der Waals surface area contributed by atoms with Crippen LogP contribution in [-0.2, 0) is 4.74 Å². The van der Waals surface area contributed by atoms with Crippen molar-refractivity contribution in [2.45, 2.75) is 78.2 Å². The van der Waals surface area contributed by atoms with Crippen LogP contribution in [0.3, 0.4) is 0 Å². The zero-order valence-corrected chi connectivity index (χ0v) is 26.8. The molecule has 0 saturated heterocycles. The van der Waals surface area contributed by atoms with Gasteiger partial charge in [0.25, 0.3) is 5.91 Å². The molecule has 0 fully saturated rings. The second-order valence-corrected chi connectivity index (χ2v) is 11.9. The molecule has 1 heterocycles. The summed E-state index contributed by atoms with van der Waals surface area (Å²) in [6.45, 7) is 10.3. The van der Waals surface area contributed by atoms with Gasteiger partial charge in [-0.3, -0.25) is 4.79 Å². The molecule has 0 aliphatic carbocycles. The number of para-hydroxylation sites is 1. The number of carbonyl (C=O) groups excluding carboxylic acids is 3. The van der Waals surface area contributed by atoms with Crippen LogP contribution in [0, 0.1) is 5.92 Å². The van der Waals surface area contributed by atoms with Gasteiger partial charge in [0.15, 0.2) is 0 Å². The Kier molecular flexibility index (Phi) is 13.3. The first-order valence-corrected chi connectivity index (χ1v) is 15.5. The minimum atomic E-state index is -0.510. The summed E-state index contributed by atoms with van der Waals surface area (Å²) in [4.78, 5) is 42.8. The SMILES string of the molecule is CC(C)NC(=O)Nc1ccc2c(c1)C(=O)N([C@H](C)CO)C[C@@H](C)[C@@H](CN(C)C(=O)Nc1ccccc1)OCCCC[C@@H](C)O2. The molecule has 3 rings (SSSR count). The predicted molar refractivity (Wildman–Crippen MR) is 172 cm³/mol. The number of benzene rings is 2. The maximum Gasteiger partial charge on any atom is 0.321 e. The number of hydrogen-bond donors (Lipinski definition) is 4. The third-order valence-electron chi connectivity index (χ3n) is 7.55. The van der Waals surface area contributed by atoms with Crippen molar-refractivity contribution in [2.75, 3.05) is 44.0 Å². The van der Waals surface area contributed by atoms with Crippen molar-refractivity contribution in [3.63, 3.8) is 0 Å². The van der Waals surface area contributed by atoms with E-state index in [0.29, 0.717) is 35.8 Å². The minimum absolute atomic E-state index is 0.0564. The number of nitrogens with zero attached hydrogens (tertiary/aromatic N) is 2. The van der Waals surface area contributed by atoms with Gasteiger partial charge in [-0.25, -0.2) is 9.59 Å². The van der Waals surface area contributed by atoms with E-state index in [9.17, 15) is 19.5 Å². The Labute approximate surface area is 261 Å². The Hall–Kier alpha value is -3.83. The van der Waals surface area contributed by atoms with E-state index in [2.05, 4.69) is 16.0 Å². The Morgan fingerprint density at radius 2 is 1.77 bits per heavy atom. The Morgan fingerprint density at radius 1 is 1.05 bits per heavy atom. The summed E-state index contributed by atoms with van der Waals surface area (Å²) in [7, 11) is 1.72. The number of anilines is 2. The van der Waals surface area contributed by atoms with E-state index in [1.165, 1.54) is 0 Å². The van der Waals surface area contributed by atoms with Crippen LogP contribution in [0.4, 0.5) is 21.0 Å². The quantitative estimate of drug-likeness (QED) is 0.341. The summed E-state index contributed by atoms with van der Waals surface area (Å²) in [6, 6.07) is 13.1. The first-order chi connectivity index (χ1) is 21.0. The molecule has 11 nitrogen and oxygen atoms in total. The zero-order chi connectivity index (χ0) is 32.2. The van der Waals surface area contributed by atoms with E-state index >= 15 is 0 Å². The molecule has 11 heteroatoms. The summed E-state index contributed by atoms with van der Waals surface area (Å²) >= 11 is 0. The molecule has 1 aliphatic rings. The summed E-state index contributed by atoms with van der Waals surface area (Å²) in [5.74, 6) is -0.105. The van der Waals surface area contributed by atoms with Crippen LogP contribution in [-0.4, -0.2) is 90.5 Å². The Morgan fingerprint density at radius 3 is 2.45 bits per heavy atom. The summed E-state index contributed by atoms with van der Waals surface area (Å²) < 4.78 is 12.6. The highest BCUT2D eigenvalue weighted by molar-refractivity contribution is 5.99. The maximum atomic E-state index is 14.2. The number of aliphatic hydroxyl groups is 1. The molecule has 0 saturated carbocycles. The average molecular weight is 612 g/mol. The molecular weight excluding hydrogens is 562 g/mol. The van der Waals surface area contributed by atoms with E-state index in [-0.39, 0.29) is 55.3 Å². The van der Waals surface area contributed by atoms with E-state index in [0.717, 1.165) is 19.3 Å². The third-order valence-corrected chi connectivity index (χ3v) is 7.55. The fourth-order valence-electron chi connectivity index (χ4n) is 4.99. The highest BCUT2D eigenvalue weighted by Crippen LogP contribution is 2.28. The largest absolute Gasteiger partial charge is 0.490 e. The second kappa shape index (κ2) is 16.9. The molecule has 5 amide bonds. The molecule has 4 atom stereocenters. The first kappa shape index (κ1) is 34.7. The molecule has 2 aromatic carbocycles.